The van der Waals surface area contributed by atoms with E-state index in [9.17, 15) is 52.9 Å². The molecule has 10 nitrogen and oxygen atoms in total. The molecule has 49 heavy (non-hydrogen) atoms. The number of hydrogen-bond donors (Lipinski definition) is 2. The SMILES string of the molecule is Cc1ccc(S(=O)NC(=O)CC[C@H]2CN(S(=O)(=O)c3ccc(F)c(C(F)(F)F)c3)C3=CC(NC(=O)OC(C)(C)C(F)(F)F)=CCC3O2)cc1. The predicted octanol–water partition coefficient (Wildman–Crippen LogP) is 5.77. The summed E-state index contributed by atoms with van der Waals surface area (Å²) in [7, 11) is -6.82. The number of sulfonamides is 1. The number of nitrogens with one attached hydrogen (secondary N) is 2. The van der Waals surface area contributed by atoms with Gasteiger partial charge in [-0.25, -0.2) is 21.8 Å². The largest absolute Gasteiger partial charge is 0.434 e. The molecule has 1 heterocycles. The highest BCUT2D eigenvalue weighted by Crippen LogP contribution is 2.38. The van der Waals surface area contributed by atoms with Gasteiger partial charge < -0.3 is 9.47 Å². The second-order valence-electron chi connectivity index (χ2n) is 11.6. The van der Waals surface area contributed by atoms with Gasteiger partial charge in [0.05, 0.1) is 33.7 Å². The lowest BCUT2D eigenvalue weighted by molar-refractivity contribution is -0.243. The molecular formula is C30H30F7N3O7S2. The van der Waals surface area contributed by atoms with Crippen LogP contribution in [0.2, 0.25) is 0 Å². The van der Waals surface area contributed by atoms with Crippen molar-refractivity contribution < 1.29 is 62.4 Å². The third-order valence-corrected chi connectivity index (χ3v) is 10.3. The van der Waals surface area contributed by atoms with Gasteiger partial charge in [-0.3, -0.25) is 19.1 Å². The maximum atomic E-state index is 14.0. The molecule has 3 atom stereocenters. The second kappa shape index (κ2) is 14.1. The zero-order valence-electron chi connectivity index (χ0n) is 25.9. The Labute approximate surface area is 279 Å². The minimum absolute atomic E-state index is 0.118. The molecule has 2 amide bonds. The maximum Gasteiger partial charge on any atom is 0.427 e. The third kappa shape index (κ3) is 8.99. The van der Waals surface area contributed by atoms with Crippen molar-refractivity contribution in [3.05, 3.63) is 83.0 Å². The van der Waals surface area contributed by atoms with Crippen LogP contribution in [-0.2, 0) is 41.5 Å². The lowest BCUT2D eigenvalue weighted by atomic mass is 10.0. The van der Waals surface area contributed by atoms with Crippen LogP contribution in [0.1, 0.15) is 44.2 Å². The van der Waals surface area contributed by atoms with Crippen LogP contribution in [0.4, 0.5) is 35.5 Å². The van der Waals surface area contributed by atoms with Gasteiger partial charge in [-0.1, -0.05) is 23.8 Å². The first-order valence-electron chi connectivity index (χ1n) is 14.4. The van der Waals surface area contributed by atoms with E-state index in [1.54, 1.807) is 24.3 Å². The number of alkyl halides is 6. The van der Waals surface area contributed by atoms with Crippen molar-refractivity contribution in [1.82, 2.24) is 14.3 Å². The average molecular weight is 742 g/mol. The highest BCUT2D eigenvalue weighted by Gasteiger charge is 2.51. The van der Waals surface area contributed by atoms with Crippen LogP contribution >= 0.6 is 0 Å². The molecule has 1 aliphatic carbocycles. The third-order valence-electron chi connectivity index (χ3n) is 7.44. The van der Waals surface area contributed by atoms with Crippen LogP contribution in [0.25, 0.3) is 0 Å². The Morgan fingerprint density at radius 2 is 1.71 bits per heavy atom. The molecule has 2 N–H and O–H groups in total. The van der Waals surface area contributed by atoms with Crippen LogP contribution < -0.4 is 10.0 Å². The minimum atomic E-state index is -5.24. The maximum absolute atomic E-state index is 14.0. The fourth-order valence-electron chi connectivity index (χ4n) is 4.68. The molecule has 19 heteroatoms. The molecule has 1 fully saturated rings. The van der Waals surface area contributed by atoms with E-state index in [2.05, 4.69) is 14.8 Å². The highest BCUT2D eigenvalue weighted by atomic mass is 32.2. The van der Waals surface area contributed by atoms with E-state index in [4.69, 9.17) is 4.74 Å². The number of fused-ring (bicyclic) bond motifs is 1. The number of benzene rings is 2. The highest BCUT2D eigenvalue weighted by molar-refractivity contribution is 7.89. The normalized spacial score (nSPS) is 19.3. The molecule has 2 aromatic rings. The number of allylic oxidation sites excluding steroid dienone is 1. The van der Waals surface area contributed by atoms with Gasteiger partial charge in [-0.15, -0.1) is 0 Å². The Morgan fingerprint density at radius 3 is 2.33 bits per heavy atom. The van der Waals surface area contributed by atoms with Crippen molar-refractivity contribution in [2.45, 2.75) is 80.0 Å². The lowest BCUT2D eigenvalue weighted by Gasteiger charge is -2.42. The molecule has 0 spiro atoms. The van der Waals surface area contributed by atoms with Gasteiger partial charge in [0.2, 0.25) is 11.5 Å². The first kappa shape index (κ1) is 37.8. The Kier molecular flexibility index (Phi) is 10.9. The number of amides is 2. The molecule has 0 radical (unpaired) electrons. The number of rotatable bonds is 9. The van der Waals surface area contributed by atoms with Gasteiger partial charge in [0.25, 0.3) is 10.0 Å². The molecule has 1 saturated heterocycles. The minimum Gasteiger partial charge on any atom is -0.434 e. The molecule has 0 aromatic heterocycles. The van der Waals surface area contributed by atoms with Gasteiger partial charge in [0.15, 0.2) is 11.0 Å². The van der Waals surface area contributed by atoms with Crippen molar-refractivity contribution in [1.29, 1.82) is 0 Å². The van der Waals surface area contributed by atoms with E-state index >= 15 is 0 Å². The van der Waals surface area contributed by atoms with Crippen LogP contribution in [0.15, 0.2) is 75.8 Å². The predicted molar refractivity (Wildman–Crippen MR) is 159 cm³/mol. The molecule has 0 saturated carbocycles. The van der Waals surface area contributed by atoms with Gasteiger partial charge in [0.1, 0.15) is 11.9 Å². The summed E-state index contributed by atoms with van der Waals surface area (Å²) >= 11 is 0. The number of carbonyl (C=O) groups excluding carboxylic acids is 2. The van der Waals surface area contributed by atoms with E-state index in [0.717, 1.165) is 11.6 Å². The van der Waals surface area contributed by atoms with Crippen molar-refractivity contribution in [3.63, 3.8) is 0 Å². The van der Waals surface area contributed by atoms with Gasteiger partial charge in [0, 0.05) is 12.1 Å². The second-order valence-corrected chi connectivity index (χ2v) is 14.6. The standard InChI is InChI=1S/C30H30F7N3O7S2/c1-17-4-8-20(9-5-17)48(43)39-26(41)13-7-19-16-40(49(44,45)21-10-11-23(31)22(15-21)29(32,33)34)24-14-18(6-12-25(24)46-19)38-27(42)47-28(2,3)30(35,36)37/h4-6,8-11,14-15,19,25H,7,12-13,16H2,1-3H3,(H,38,42)(H,39,41)/t19-,25?,48?/m0/s1. The summed E-state index contributed by atoms with van der Waals surface area (Å²) in [5, 5.41) is 2.08. The number of ether oxygens (including phenoxy) is 2. The summed E-state index contributed by atoms with van der Waals surface area (Å²) < 4.78 is 148. The molecule has 2 aliphatic rings. The Bertz CT molecular complexity index is 1790. The molecule has 4 rings (SSSR count). The summed E-state index contributed by atoms with van der Waals surface area (Å²) in [5.74, 6) is -2.40. The van der Waals surface area contributed by atoms with Crippen molar-refractivity contribution >= 4 is 33.0 Å². The quantitative estimate of drug-likeness (QED) is 0.312. The van der Waals surface area contributed by atoms with Gasteiger partial charge in [-0.05, 0) is 70.0 Å². The Balaban J connectivity index is 1.59. The fourth-order valence-corrected chi connectivity index (χ4v) is 7.06. The van der Waals surface area contributed by atoms with E-state index in [1.165, 1.54) is 6.08 Å². The van der Waals surface area contributed by atoms with Crippen LogP contribution in [0, 0.1) is 12.7 Å². The summed E-state index contributed by atoms with van der Waals surface area (Å²) in [6.07, 6.45) is -12.2. The summed E-state index contributed by atoms with van der Waals surface area (Å²) in [4.78, 5) is 24.3. The van der Waals surface area contributed by atoms with Gasteiger partial charge in [-0.2, -0.15) is 26.3 Å². The van der Waals surface area contributed by atoms with Crippen molar-refractivity contribution in [2.75, 3.05) is 6.54 Å². The lowest BCUT2D eigenvalue weighted by Crippen LogP contribution is -2.49. The number of morpholine rings is 1. The van der Waals surface area contributed by atoms with E-state index in [0.29, 0.717) is 35.2 Å². The molecule has 1 aliphatic heterocycles. The monoisotopic (exact) mass is 741 g/mol. The first-order chi connectivity index (χ1) is 22.6. The van der Waals surface area contributed by atoms with E-state index in [1.807, 2.05) is 6.92 Å². The molecule has 268 valence electrons. The number of nitrogens with zero attached hydrogens (tertiary/aromatic N) is 1. The van der Waals surface area contributed by atoms with Crippen LogP contribution in [0.3, 0.4) is 0 Å². The van der Waals surface area contributed by atoms with Gasteiger partial charge >= 0.3 is 18.4 Å². The topological polar surface area (TPSA) is 131 Å². The van der Waals surface area contributed by atoms with E-state index < -0.39 is 86.0 Å². The summed E-state index contributed by atoms with van der Waals surface area (Å²) in [6.45, 7) is 2.46. The number of carbonyl (C=O) groups is 2. The number of aryl methyl sites for hydroxylation is 1. The molecule has 2 aromatic carbocycles. The van der Waals surface area contributed by atoms with Crippen LogP contribution in [-0.4, -0.2) is 59.5 Å². The number of halogens is 7. The smallest absolute Gasteiger partial charge is 0.427 e. The zero-order chi connectivity index (χ0) is 36.5. The molecule has 0 bridgehead atoms. The first-order valence-corrected chi connectivity index (χ1v) is 17.0. The average Bonchev–Trinajstić information content (AvgIpc) is 2.98. The van der Waals surface area contributed by atoms with Crippen LogP contribution in [0.5, 0.6) is 0 Å². The Hall–Kier alpha value is -3.97. The summed E-state index contributed by atoms with van der Waals surface area (Å²) in [6, 6.07) is 7.59. The molecular weight excluding hydrogens is 711 g/mol. The van der Waals surface area contributed by atoms with Crippen molar-refractivity contribution in [2.24, 2.45) is 0 Å². The summed E-state index contributed by atoms with van der Waals surface area (Å²) in [5.41, 5.74) is -4.26. The zero-order valence-corrected chi connectivity index (χ0v) is 27.6. The Morgan fingerprint density at radius 1 is 1.06 bits per heavy atom. The molecule has 2 unspecified atom stereocenters. The number of alkyl carbamates (subject to hydrolysis) is 1. The van der Waals surface area contributed by atoms with Crippen molar-refractivity contribution in [3.8, 4) is 0 Å². The number of hydrogen-bond acceptors (Lipinski definition) is 7. The fraction of sp³-hybridized carbons (Fsp3) is 0.400. The van der Waals surface area contributed by atoms with E-state index in [-0.39, 0.29) is 36.7 Å².